The molecule has 0 spiro atoms. The Hall–Kier alpha value is -3.50. The van der Waals surface area contributed by atoms with Crippen LogP contribution in [0.5, 0.6) is 11.5 Å². The Kier molecular flexibility index (Phi) is 4.88. The Bertz CT molecular complexity index is 1000. The highest BCUT2D eigenvalue weighted by Gasteiger charge is 2.37. The number of hydrogen-bond donors (Lipinski definition) is 0. The summed E-state index contributed by atoms with van der Waals surface area (Å²) in [6, 6.07) is 7.53. The molecule has 30 heavy (non-hydrogen) atoms. The maximum atomic E-state index is 13.4. The van der Waals surface area contributed by atoms with Crippen LogP contribution in [0.4, 0.5) is 24.5 Å². The van der Waals surface area contributed by atoms with Gasteiger partial charge in [0.15, 0.2) is 11.5 Å². The van der Waals surface area contributed by atoms with Crippen molar-refractivity contribution in [2.45, 2.75) is 6.18 Å². The summed E-state index contributed by atoms with van der Waals surface area (Å²) in [6.07, 6.45) is -4.74. The first-order valence-electron chi connectivity index (χ1n) is 9.03. The predicted molar refractivity (Wildman–Crippen MR) is 98.8 cm³/mol. The Labute approximate surface area is 168 Å². The second-order valence-corrected chi connectivity index (χ2v) is 6.80. The van der Waals surface area contributed by atoms with Crippen molar-refractivity contribution in [2.24, 2.45) is 0 Å². The number of carbonyl (C=O) groups is 1. The van der Waals surface area contributed by atoms with E-state index in [0.717, 1.165) is 12.1 Å². The first-order valence-corrected chi connectivity index (χ1v) is 9.03. The maximum Gasteiger partial charge on any atom is 0.418 e. The smallest absolute Gasteiger partial charge is 0.418 e. The molecule has 2 heterocycles. The lowest BCUT2D eigenvalue weighted by Gasteiger charge is -2.37. The molecule has 0 atom stereocenters. The molecule has 0 radical (unpaired) electrons. The number of hydrogen-bond acceptors (Lipinski definition) is 6. The van der Waals surface area contributed by atoms with Crippen LogP contribution < -0.4 is 14.4 Å². The SMILES string of the molecule is O=C(c1ccc2c(c1)OCO2)N1CCN(c2ccc([N+](=O)[O-])cc2C(F)(F)F)CC1. The average molecular weight is 423 g/mol. The molecule has 158 valence electrons. The van der Waals surface area contributed by atoms with E-state index in [1.807, 2.05) is 0 Å². The lowest BCUT2D eigenvalue weighted by Crippen LogP contribution is -2.49. The van der Waals surface area contributed by atoms with Gasteiger partial charge in [-0.05, 0) is 24.3 Å². The number of anilines is 1. The van der Waals surface area contributed by atoms with Gasteiger partial charge in [-0.15, -0.1) is 0 Å². The molecule has 0 unspecified atom stereocenters. The van der Waals surface area contributed by atoms with Gasteiger partial charge in [-0.2, -0.15) is 13.2 Å². The Balaban J connectivity index is 1.49. The van der Waals surface area contributed by atoms with E-state index in [9.17, 15) is 28.1 Å². The van der Waals surface area contributed by atoms with Crippen molar-refractivity contribution in [1.29, 1.82) is 0 Å². The van der Waals surface area contributed by atoms with Gasteiger partial charge in [-0.1, -0.05) is 0 Å². The van der Waals surface area contributed by atoms with Crippen molar-refractivity contribution >= 4 is 17.3 Å². The molecular formula is C19H16F3N3O5. The van der Waals surface area contributed by atoms with Crippen molar-refractivity contribution in [3.8, 4) is 11.5 Å². The van der Waals surface area contributed by atoms with E-state index < -0.39 is 22.4 Å². The van der Waals surface area contributed by atoms with Gasteiger partial charge in [0, 0.05) is 49.6 Å². The summed E-state index contributed by atoms with van der Waals surface area (Å²) in [5.41, 5.74) is -1.42. The molecular weight excluding hydrogens is 407 g/mol. The van der Waals surface area contributed by atoms with Gasteiger partial charge in [0.2, 0.25) is 6.79 Å². The zero-order valence-electron chi connectivity index (χ0n) is 15.5. The van der Waals surface area contributed by atoms with Crippen molar-refractivity contribution < 1.29 is 32.4 Å². The average Bonchev–Trinajstić information content (AvgIpc) is 3.20. The molecule has 0 bridgehead atoms. The van der Waals surface area contributed by atoms with E-state index in [1.54, 1.807) is 23.1 Å². The number of fused-ring (bicyclic) bond motifs is 1. The van der Waals surface area contributed by atoms with Crippen LogP contribution in [0.2, 0.25) is 0 Å². The molecule has 2 aromatic carbocycles. The molecule has 0 aliphatic carbocycles. The van der Waals surface area contributed by atoms with Crippen molar-refractivity contribution in [3.05, 3.63) is 57.6 Å². The van der Waals surface area contributed by atoms with Crippen LogP contribution in [0.15, 0.2) is 36.4 Å². The molecule has 0 N–H and O–H groups in total. The number of nitro benzene ring substituents is 1. The number of halogens is 3. The molecule has 0 saturated carbocycles. The number of ether oxygens (including phenoxy) is 2. The third kappa shape index (κ3) is 3.70. The van der Waals surface area contributed by atoms with Gasteiger partial charge in [-0.25, -0.2) is 0 Å². The van der Waals surface area contributed by atoms with E-state index in [2.05, 4.69) is 0 Å². The van der Waals surface area contributed by atoms with Crippen LogP contribution in [0.1, 0.15) is 15.9 Å². The third-order valence-corrected chi connectivity index (χ3v) is 5.02. The number of piperazine rings is 1. The highest BCUT2D eigenvalue weighted by Crippen LogP contribution is 2.39. The van der Waals surface area contributed by atoms with E-state index in [4.69, 9.17) is 9.47 Å². The first kappa shape index (κ1) is 19.8. The molecule has 2 aliphatic heterocycles. The van der Waals surface area contributed by atoms with E-state index >= 15 is 0 Å². The number of amides is 1. The second kappa shape index (κ2) is 7.39. The van der Waals surface area contributed by atoms with E-state index in [1.165, 1.54) is 4.90 Å². The van der Waals surface area contributed by atoms with E-state index in [0.29, 0.717) is 23.1 Å². The van der Waals surface area contributed by atoms with Crippen LogP contribution in [-0.2, 0) is 6.18 Å². The number of benzene rings is 2. The Morgan fingerprint density at radius 2 is 1.70 bits per heavy atom. The van der Waals surface area contributed by atoms with Gasteiger partial charge < -0.3 is 19.3 Å². The quantitative estimate of drug-likeness (QED) is 0.556. The number of rotatable bonds is 3. The Morgan fingerprint density at radius 1 is 1.00 bits per heavy atom. The maximum absolute atomic E-state index is 13.4. The van der Waals surface area contributed by atoms with Crippen molar-refractivity contribution in [1.82, 2.24) is 4.90 Å². The summed E-state index contributed by atoms with van der Waals surface area (Å²) in [5.74, 6) is 0.766. The summed E-state index contributed by atoms with van der Waals surface area (Å²) >= 11 is 0. The number of non-ortho nitro benzene ring substituents is 1. The largest absolute Gasteiger partial charge is 0.454 e. The van der Waals surface area contributed by atoms with Crippen LogP contribution in [0, 0.1) is 10.1 Å². The van der Waals surface area contributed by atoms with Gasteiger partial charge in [-0.3, -0.25) is 14.9 Å². The van der Waals surface area contributed by atoms with Crippen LogP contribution in [0.25, 0.3) is 0 Å². The fourth-order valence-corrected chi connectivity index (χ4v) is 3.50. The minimum atomic E-state index is -4.74. The van der Waals surface area contributed by atoms with Gasteiger partial charge in [0.25, 0.3) is 11.6 Å². The summed E-state index contributed by atoms with van der Waals surface area (Å²) in [4.78, 5) is 25.8. The fraction of sp³-hybridized carbons (Fsp3) is 0.316. The predicted octanol–water partition coefficient (Wildman–Crippen LogP) is 3.30. The molecule has 4 rings (SSSR count). The molecule has 8 nitrogen and oxygen atoms in total. The standard InChI is InChI=1S/C19H16F3N3O5/c20-19(21,22)14-10-13(25(27)28)2-3-15(14)23-5-7-24(8-6-23)18(26)12-1-4-16-17(9-12)30-11-29-16/h1-4,9-10H,5-8,11H2. The van der Waals surface area contributed by atoms with Crippen LogP contribution in [0.3, 0.4) is 0 Å². The monoisotopic (exact) mass is 423 g/mol. The summed E-state index contributed by atoms with van der Waals surface area (Å²) < 4.78 is 50.8. The lowest BCUT2D eigenvalue weighted by molar-refractivity contribution is -0.385. The van der Waals surface area contributed by atoms with Gasteiger partial charge >= 0.3 is 6.18 Å². The van der Waals surface area contributed by atoms with Crippen molar-refractivity contribution in [2.75, 3.05) is 37.9 Å². The highest BCUT2D eigenvalue weighted by atomic mass is 19.4. The summed E-state index contributed by atoms with van der Waals surface area (Å²) in [7, 11) is 0. The topological polar surface area (TPSA) is 85.2 Å². The number of alkyl halides is 3. The summed E-state index contributed by atoms with van der Waals surface area (Å²) in [6.45, 7) is 0.833. The molecule has 2 aliphatic rings. The zero-order chi connectivity index (χ0) is 21.5. The van der Waals surface area contributed by atoms with Crippen LogP contribution >= 0.6 is 0 Å². The summed E-state index contributed by atoms with van der Waals surface area (Å²) in [5, 5.41) is 10.9. The lowest BCUT2D eigenvalue weighted by atomic mass is 10.1. The number of nitro groups is 1. The van der Waals surface area contributed by atoms with Crippen LogP contribution in [-0.4, -0.2) is 48.7 Å². The molecule has 1 amide bonds. The Morgan fingerprint density at radius 3 is 2.37 bits per heavy atom. The molecule has 0 aromatic heterocycles. The van der Waals surface area contributed by atoms with Crippen molar-refractivity contribution in [3.63, 3.8) is 0 Å². The van der Waals surface area contributed by atoms with E-state index in [-0.39, 0.29) is 44.6 Å². The number of carbonyl (C=O) groups excluding carboxylic acids is 1. The molecule has 11 heteroatoms. The molecule has 1 saturated heterocycles. The van der Waals surface area contributed by atoms with Gasteiger partial charge in [0.05, 0.1) is 10.5 Å². The molecule has 1 fully saturated rings. The molecule has 2 aromatic rings. The third-order valence-electron chi connectivity index (χ3n) is 5.02. The second-order valence-electron chi connectivity index (χ2n) is 6.80. The minimum absolute atomic E-state index is 0.0857. The minimum Gasteiger partial charge on any atom is -0.454 e. The highest BCUT2D eigenvalue weighted by molar-refractivity contribution is 5.95. The normalized spacial score (nSPS) is 16.0. The van der Waals surface area contributed by atoms with Gasteiger partial charge in [0.1, 0.15) is 0 Å². The fourth-order valence-electron chi connectivity index (χ4n) is 3.50. The zero-order valence-corrected chi connectivity index (χ0v) is 15.5. The number of nitrogens with zero attached hydrogens (tertiary/aromatic N) is 3. The first-order chi connectivity index (χ1) is 14.2.